The van der Waals surface area contributed by atoms with Gasteiger partial charge >= 0.3 is 17.6 Å². The highest BCUT2D eigenvalue weighted by atomic mass is 28.5. The molecular formula is C6H20N2O5Si2. The molecule has 0 rings (SSSR count). The SMILES string of the molecule is NCCC[Si](O)(O)O[Si](O)(O)CCCN. The molecule has 0 aliphatic heterocycles. The number of nitrogens with two attached hydrogens (primary N) is 2. The molecule has 0 aromatic rings. The normalized spacial score (nSPS) is 13.2. The van der Waals surface area contributed by atoms with Crippen molar-refractivity contribution in [3.63, 3.8) is 0 Å². The van der Waals surface area contributed by atoms with Crippen molar-refractivity contribution < 1.29 is 23.3 Å². The summed E-state index contributed by atoms with van der Waals surface area (Å²) in [4.78, 5) is 37.5. The first-order chi connectivity index (χ1) is 6.83. The van der Waals surface area contributed by atoms with E-state index in [0.717, 1.165) is 0 Å². The molecule has 0 radical (unpaired) electrons. The van der Waals surface area contributed by atoms with Crippen LogP contribution in [0.5, 0.6) is 0 Å². The van der Waals surface area contributed by atoms with Gasteiger partial charge in [-0.25, -0.2) is 0 Å². The van der Waals surface area contributed by atoms with Crippen LogP contribution in [0.4, 0.5) is 0 Å². The fourth-order valence-electron chi connectivity index (χ4n) is 1.03. The first-order valence-electron chi connectivity index (χ1n) is 4.83. The third kappa shape index (κ3) is 8.01. The van der Waals surface area contributed by atoms with Crippen LogP contribution in [0.15, 0.2) is 0 Å². The van der Waals surface area contributed by atoms with E-state index in [9.17, 15) is 19.2 Å². The highest BCUT2D eigenvalue weighted by Gasteiger charge is 2.44. The molecule has 7 nitrogen and oxygen atoms in total. The van der Waals surface area contributed by atoms with Gasteiger partial charge in [-0.15, -0.1) is 0 Å². The lowest BCUT2D eigenvalue weighted by atomic mass is 10.5. The molecule has 0 aliphatic carbocycles. The fourth-order valence-corrected chi connectivity index (χ4v) is 5.27. The number of hydrogen-bond donors (Lipinski definition) is 6. The Hall–Kier alpha value is 0.154. The fraction of sp³-hybridized carbons (Fsp3) is 1.00. The summed E-state index contributed by atoms with van der Waals surface area (Å²) in [6.45, 7) is 0.598. The third-order valence-electron chi connectivity index (χ3n) is 1.74. The van der Waals surface area contributed by atoms with Crippen molar-refractivity contribution in [1.82, 2.24) is 0 Å². The molecule has 0 aliphatic rings. The zero-order valence-electron chi connectivity index (χ0n) is 8.59. The Labute approximate surface area is 91.0 Å². The van der Waals surface area contributed by atoms with Crippen LogP contribution in [0.25, 0.3) is 0 Å². The van der Waals surface area contributed by atoms with Crippen molar-refractivity contribution in [3.8, 4) is 0 Å². The molecule has 15 heavy (non-hydrogen) atoms. The summed E-state index contributed by atoms with van der Waals surface area (Å²) in [5.41, 5.74) is 10.4. The average molecular weight is 256 g/mol. The molecule has 0 saturated carbocycles. The molecule has 0 bridgehead atoms. The van der Waals surface area contributed by atoms with Gasteiger partial charge in [-0.2, -0.15) is 0 Å². The van der Waals surface area contributed by atoms with Gasteiger partial charge in [0.05, 0.1) is 0 Å². The van der Waals surface area contributed by atoms with Gasteiger partial charge < -0.3 is 34.8 Å². The number of rotatable bonds is 8. The summed E-state index contributed by atoms with van der Waals surface area (Å²) in [6.07, 6.45) is 0.751. The third-order valence-corrected chi connectivity index (χ3v) is 6.37. The van der Waals surface area contributed by atoms with E-state index in [2.05, 4.69) is 4.12 Å². The first kappa shape index (κ1) is 15.2. The van der Waals surface area contributed by atoms with E-state index in [0.29, 0.717) is 25.9 Å². The second-order valence-corrected chi connectivity index (χ2v) is 8.16. The van der Waals surface area contributed by atoms with Crippen LogP contribution in [0.1, 0.15) is 12.8 Å². The van der Waals surface area contributed by atoms with Crippen LogP contribution in [-0.4, -0.2) is 49.9 Å². The second-order valence-electron chi connectivity index (χ2n) is 3.37. The zero-order chi connectivity index (χ0) is 11.9. The van der Waals surface area contributed by atoms with E-state index in [4.69, 9.17) is 11.5 Å². The van der Waals surface area contributed by atoms with E-state index in [1.54, 1.807) is 0 Å². The second kappa shape index (κ2) is 6.68. The summed E-state index contributed by atoms with van der Waals surface area (Å²) >= 11 is 0. The topological polar surface area (TPSA) is 142 Å². The van der Waals surface area contributed by atoms with Gasteiger partial charge in [-0.3, -0.25) is 0 Å². The maximum absolute atomic E-state index is 9.38. The lowest BCUT2D eigenvalue weighted by Gasteiger charge is -2.25. The van der Waals surface area contributed by atoms with Crippen LogP contribution in [0, 0.1) is 0 Å². The van der Waals surface area contributed by atoms with Gasteiger partial charge in [0.15, 0.2) is 0 Å². The molecule has 0 fully saturated rings. The van der Waals surface area contributed by atoms with Crippen molar-refractivity contribution in [1.29, 1.82) is 0 Å². The van der Waals surface area contributed by atoms with E-state index in [1.165, 1.54) is 0 Å². The summed E-state index contributed by atoms with van der Waals surface area (Å²) < 4.78 is 4.62. The highest BCUT2D eigenvalue weighted by molar-refractivity contribution is 6.72. The maximum Gasteiger partial charge on any atom is 0.488 e. The Bertz CT molecular complexity index is 163. The average Bonchev–Trinajstić information content (AvgIpc) is 2.10. The van der Waals surface area contributed by atoms with Crippen LogP contribution >= 0.6 is 0 Å². The van der Waals surface area contributed by atoms with Gasteiger partial charge in [-0.1, -0.05) is 0 Å². The Morgan fingerprint density at radius 1 is 0.800 bits per heavy atom. The lowest BCUT2D eigenvalue weighted by molar-refractivity contribution is 0.153. The Balaban J connectivity index is 4.04. The van der Waals surface area contributed by atoms with Gasteiger partial charge in [-0.05, 0) is 25.9 Å². The minimum atomic E-state index is -3.97. The summed E-state index contributed by atoms with van der Waals surface area (Å²) in [5, 5.41) is 0. The summed E-state index contributed by atoms with van der Waals surface area (Å²) in [7, 11) is -7.94. The van der Waals surface area contributed by atoms with Crippen molar-refractivity contribution in [2.24, 2.45) is 11.5 Å². The van der Waals surface area contributed by atoms with E-state index in [1.807, 2.05) is 0 Å². The maximum atomic E-state index is 9.38. The molecule has 0 saturated heterocycles. The van der Waals surface area contributed by atoms with E-state index in [-0.39, 0.29) is 12.1 Å². The lowest BCUT2D eigenvalue weighted by Crippen LogP contribution is -2.53. The van der Waals surface area contributed by atoms with Gasteiger partial charge in [0.25, 0.3) is 0 Å². The molecule has 9 heteroatoms. The molecule has 92 valence electrons. The van der Waals surface area contributed by atoms with E-state index < -0.39 is 17.6 Å². The highest BCUT2D eigenvalue weighted by Crippen LogP contribution is 2.15. The van der Waals surface area contributed by atoms with Crippen LogP contribution < -0.4 is 11.5 Å². The summed E-state index contributed by atoms with van der Waals surface area (Å²) in [6, 6.07) is -0.0516. The monoisotopic (exact) mass is 256 g/mol. The quantitative estimate of drug-likeness (QED) is 0.265. The van der Waals surface area contributed by atoms with Crippen LogP contribution in [0.2, 0.25) is 12.1 Å². The molecule has 0 amide bonds. The molecular weight excluding hydrogens is 236 g/mol. The minimum Gasteiger partial charge on any atom is -0.390 e. The molecule has 0 spiro atoms. The predicted molar refractivity (Wildman–Crippen MR) is 58.4 cm³/mol. The molecule has 0 aromatic heterocycles. The van der Waals surface area contributed by atoms with Gasteiger partial charge in [0.2, 0.25) is 0 Å². The molecule has 8 N–H and O–H groups in total. The van der Waals surface area contributed by atoms with Crippen molar-refractivity contribution in [2.75, 3.05) is 13.1 Å². The largest absolute Gasteiger partial charge is 0.488 e. The summed E-state index contributed by atoms with van der Waals surface area (Å²) in [5.74, 6) is 0. The number of hydrogen-bond acceptors (Lipinski definition) is 7. The Morgan fingerprint density at radius 2 is 1.13 bits per heavy atom. The van der Waals surface area contributed by atoms with Gasteiger partial charge in [0.1, 0.15) is 0 Å². The smallest absolute Gasteiger partial charge is 0.390 e. The predicted octanol–water partition coefficient (Wildman–Crippen LogP) is -2.45. The van der Waals surface area contributed by atoms with Crippen molar-refractivity contribution >= 4 is 17.6 Å². The van der Waals surface area contributed by atoms with Crippen molar-refractivity contribution in [2.45, 2.75) is 24.9 Å². The standard InChI is InChI=1S/C6H20N2O5Si2/c7-3-1-5-14(9,10)13-15(11,12)6-2-4-8/h9-12H,1-8H2. The van der Waals surface area contributed by atoms with Crippen molar-refractivity contribution in [3.05, 3.63) is 0 Å². The molecule has 0 atom stereocenters. The Morgan fingerprint density at radius 3 is 1.40 bits per heavy atom. The first-order valence-corrected chi connectivity index (χ1v) is 8.85. The van der Waals surface area contributed by atoms with E-state index >= 15 is 0 Å². The van der Waals surface area contributed by atoms with Gasteiger partial charge in [0, 0.05) is 12.1 Å². The van der Waals surface area contributed by atoms with Crippen LogP contribution in [-0.2, 0) is 4.12 Å². The molecule has 0 heterocycles. The molecule has 0 unspecified atom stereocenters. The Kier molecular flexibility index (Phi) is 6.74. The van der Waals surface area contributed by atoms with Crippen LogP contribution in [0.3, 0.4) is 0 Å². The minimum absolute atomic E-state index is 0.0258. The molecule has 0 aromatic carbocycles. The zero-order valence-corrected chi connectivity index (χ0v) is 10.6.